The highest BCUT2D eigenvalue weighted by Crippen LogP contribution is 2.26. The van der Waals surface area contributed by atoms with Crippen molar-refractivity contribution in [2.45, 2.75) is 25.4 Å². The molecule has 1 aromatic rings. The number of carbonyl (C=O) groups is 1. The van der Waals surface area contributed by atoms with E-state index in [2.05, 4.69) is 15.4 Å². The number of benzene rings is 1. The number of hydrogen-bond acceptors (Lipinski definition) is 4. The average molecular weight is 295 g/mol. The molecule has 1 aliphatic rings. The molecule has 0 bridgehead atoms. The monoisotopic (exact) mass is 295 g/mol. The third-order valence-corrected chi connectivity index (χ3v) is 3.94. The zero-order chi connectivity index (χ0) is 15.4. The van der Waals surface area contributed by atoms with E-state index in [0.717, 1.165) is 12.0 Å². The maximum absolute atomic E-state index is 14.3. The summed E-state index contributed by atoms with van der Waals surface area (Å²) >= 11 is 0. The van der Waals surface area contributed by atoms with Crippen molar-refractivity contribution >= 4 is 11.8 Å². The molecule has 0 aromatic heterocycles. The van der Waals surface area contributed by atoms with Crippen molar-refractivity contribution in [2.24, 2.45) is 0 Å². The van der Waals surface area contributed by atoms with Crippen molar-refractivity contribution in [2.75, 3.05) is 32.1 Å². The second-order valence-electron chi connectivity index (χ2n) is 5.29. The van der Waals surface area contributed by atoms with Gasteiger partial charge in [-0.1, -0.05) is 6.07 Å². The van der Waals surface area contributed by atoms with Gasteiger partial charge >= 0.3 is 6.09 Å². The fraction of sp³-hybridized carbons (Fsp3) is 0.533. The Labute approximate surface area is 124 Å². The molecule has 0 saturated carbocycles. The molecule has 1 fully saturated rings. The van der Waals surface area contributed by atoms with Crippen LogP contribution in [-0.2, 0) is 4.74 Å². The van der Waals surface area contributed by atoms with Gasteiger partial charge in [0.05, 0.1) is 18.8 Å². The predicted molar refractivity (Wildman–Crippen MR) is 80.0 cm³/mol. The number of nitrogens with one attached hydrogen (secondary N) is 2. The number of halogens is 1. The van der Waals surface area contributed by atoms with E-state index in [4.69, 9.17) is 0 Å². The number of methoxy groups -OCH3 is 1. The molecule has 1 aliphatic heterocycles. The number of ether oxygens (including phenoxy) is 1. The van der Waals surface area contributed by atoms with Crippen LogP contribution in [0.4, 0.5) is 14.9 Å². The molecule has 2 atom stereocenters. The van der Waals surface area contributed by atoms with E-state index in [0.29, 0.717) is 18.8 Å². The van der Waals surface area contributed by atoms with E-state index < -0.39 is 6.09 Å². The molecule has 5 nitrogen and oxygen atoms in total. The zero-order valence-corrected chi connectivity index (χ0v) is 12.6. The third-order valence-electron chi connectivity index (χ3n) is 3.94. The molecular formula is C15H22FN3O2. The molecule has 0 spiro atoms. The largest absolute Gasteiger partial charge is 0.453 e. The van der Waals surface area contributed by atoms with Crippen LogP contribution in [0.25, 0.3) is 0 Å². The Balaban J connectivity index is 2.04. The molecule has 6 heteroatoms. The first-order valence-electron chi connectivity index (χ1n) is 7.11. The van der Waals surface area contributed by atoms with Crippen LogP contribution in [0, 0.1) is 5.82 Å². The SMILES string of the molecule is CNC(C)c1ccc(N2CCC(NC(=O)OC)C2)c(F)c1. The van der Waals surface area contributed by atoms with Crippen LogP contribution in [-0.4, -0.2) is 39.4 Å². The molecule has 1 aromatic carbocycles. The van der Waals surface area contributed by atoms with Gasteiger partial charge in [0.2, 0.25) is 0 Å². The maximum Gasteiger partial charge on any atom is 0.407 e. The number of alkyl carbamates (subject to hydrolysis) is 1. The summed E-state index contributed by atoms with van der Waals surface area (Å²) in [7, 11) is 3.18. The third kappa shape index (κ3) is 3.64. The van der Waals surface area contributed by atoms with Gasteiger partial charge in [-0.2, -0.15) is 0 Å². The first kappa shape index (κ1) is 15.6. The zero-order valence-electron chi connectivity index (χ0n) is 12.6. The smallest absolute Gasteiger partial charge is 0.407 e. The van der Waals surface area contributed by atoms with Gasteiger partial charge in [-0.15, -0.1) is 0 Å². The normalized spacial score (nSPS) is 19.4. The van der Waals surface area contributed by atoms with Crippen LogP contribution in [0.2, 0.25) is 0 Å². The van der Waals surface area contributed by atoms with E-state index in [9.17, 15) is 9.18 Å². The second-order valence-corrected chi connectivity index (χ2v) is 5.29. The molecule has 2 rings (SSSR count). The topological polar surface area (TPSA) is 53.6 Å². The van der Waals surface area contributed by atoms with Gasteiger partial charge in [-0.05, 0) is 38.1 Å². The van der Waals surface area contributed by atoms with Crippen molar-refractivity contribution in [3.05, 3.63) is 29.6 Å². The Bertz CT molecular complexity index is 510. The highest BCUT2D eigenvalue weighted by atomic mass is 19.1. The van der Waals surface area contributed by atoms with Gasteiger partial charge in [-0.25, -0.2) is 9.18 Å². The van der Waals surface area contributed by atoms with Crippen LogP contribution in [0.15, 0.2) is 18.2 Å². The van der Waals surface area contributed by atoms with Crippen LogP contribution in [0.3, 0.4) is 0 Å². The Kier molecular flexibility index (Phi) is 5.01. The number of rotatable bonds is 4. The summed E-state index contributed by atoms with van der Waals surface area (Å²) in [6, 6.07) is 5.41. The van der Waals surface area contributed by atoms with Crippen molar-refractivity contribution in [3.63, 3.8) is 0 Å². The quantitative estimate of drug-likeness (QED) is 0.892. The first-order valence-corrected chi connectivity index (χ1v) is 7.11. The second kappa shape index (κ2) is 6.76. The van der Waals surface area contributed by atoms with Crippen LogP contribution in [0.1, 0.15) is 24.9 Å². The summed E-state index contributed by atoms with van der Waals surface area (Å²) in [4.78, 5) is 13.1. The molecule has 0 aliphatic carbocycles. The number of nitrogens with zero attached hydrogens (tertiary/aromatic N) is 1. The van der Waals surface area contributed by atoms with Gasteiger partial charge in [0, 0.05) is 19.1 Å². The maximum atomic E-state index is 14.3. The summed E-state index contributed by atoms with van der Waals surface area (Å²) in [5.74, 6) is -0.228. The lowest BCUT2D eigenvalue weighted by molar-refractivity contribution is 0.167. The minimum atomic E-state index is -0.444. The molecule has 1 saturated heterocycles. The van der Waals surface area contributed by atoms with Gasteiger partial charge < -0.3 is 20.3 Å². The highest BCUT2D eigenvalue weighted by molar-refractivity contribution is 5.67. The summed E-state index contributed by atoms with van der Waals surface area (Å²) < 4.78 is 18.9. The van der Waals surface area contributed by atoms with E-state index in [-0.39, 0.29) is 17.9 Å². The lowest BCUT2D eigenvalue weighted by atomic mass is 10.1. The first-order chi connectivity index (χ1) is 10.0. The van der Waals surface area contributed by atoms with Crippen molar-refractivity contribution in [1.82, 2.24) is 10.6 Å². The molecule has 2 N–H and O–H groups in total. The van der Waals surface area contributed by atoms with Gasteiger partial charge in [0.1, 0.15) is 5.82 Å². The number of anilines is 1. The number of hydrogen-bond donors (Lipinski definition) is 2. The minimum absolute atomic E-state index is 0.00670. The van der Waals surface area contributed by atoms with Gasteiger partial charge in [0.25, 0.3) is 0 Å². The molecule has 2 unspecified atom stereocenters. The lowest BCUT2D eigenvalue weighted by Gasteiger charge is -2.21. The van der Waals surface area contributed by atoms with Crippen LogP contribution < -0.4 is 15.5 Å². The van der Waals surface area contributed by atoms with E-state index in [1.807, 2.05) is 24.9 Å². The Morgan fingerprint density at radius 2 is 2.29 bits per heavy atom. The highest BCUT2D eigenvalue weighted by Gasteiger charge is 2.26. The fourth-order valence-corrected chi connectivity index (χ4v) is 2.54. The van der Waals surface area contributed by atoms with E-state index >= 15 is 0 Å². The summed E-state index contributed by atoms with van der Waals surface area (Å²) in [6.45, 7) is 3.29. The summed E-state index contributed by atoms with van der Waals surface area (Å²) in [5.41, 5.74) is 1.50. The molecule has 0 radical (unpaired) electrons. The standard InChI is InChI=1S/C15H22FN3O2/c1-10(17-2)11-4-5-14(13(16)8-11)19-7-6-12(9-19)18-15(20)21-3/h4-5,8,10,12,17H,6-7,9H2,1-3H3,(H,18,20). The Morgan fingerprint density at radius 3 is 2.90 bits per heavy atom. The fourth-order valence-electron chi connectivity index (χ4n) is 2.54. The molecular weight excluding hydrogens is 273 g/mol. The Hall–Kier alpha value is -1.82. The molecule has 116 valence electrons. The van der Waals surface area contributed by atoms with Gasteiger partial charge in [-0.3, -0.25) is 0 Å². The van der Waals surface area contributed by atoms with Crippen molar-refractivity contribution < 1.29 is 13.9 Å². The molecule has 1 amide bonds. The van der Waals surface area contributed by atoms with Crippen molar-refractivity contribution in [3.8, 4) is 0 Å². The molecule has 21 heavy (non-hydrogen) atoms. The summed E-state index contributed by atoms with van der Waals surface area (Å²) in [5, 5.41) is 5.84. The average Bonchev–Trinajstić information content (AvgIpc) is 2.94. The minimum Gasteiger partial charge on any atom is -0.453 e. The van der Waals surface area contributed by atoms with Crippen molar-refractivity contribution in [1.29, 1.82) is 0 Å². The van der Waals surface area contributed by atoms with E-state index in [1.165, 1.54) is 7.11 Å². The van der Waals surface area contributed by atoms with Gasteiger partial charge in [0.15, 0.2) is 0 Å². The van der Waals surface area contributed by atoms with Crippen LogP contribution in [0.5, 0.6) is 0 Å². The summed E-state index contributed by atoms with van der Waals surface area (Å²) in [6.07, 6.45) is 0.337. The van der Waals surface area contributed by atoms with E-state index in [1.54, 1.807) is 12.1 Å². The predicted octanol–water partition coefficient (Wildman–Crippen LogP) is 2.04. The Morgan fingerprint density at radius 1 is 1.52 bits per heavy atom. The lowest BCUT2D eigenvalue weighted by Crippen LogP contribution is -2.37. The molecule has 1 heterocycles. The van der Waals surface area contributed by atoms with Crippen LogP contribution >= 0.6 is 0 Å². The number of carbonyl (C=O) groups excluding carboxylic acids is 1. The number of amides is 1.